The average molecular weight is 401 g/mol. The summed E-state index contributed by atoms with van der Waals surface area (Å²) in [6.45, 7) is 0. The molecule has 0 unspecified atom stereocenters. The molecule has 0 heterocycles. The monoisotopic (exact) mass is 400 g/mol. The minimum absolute atomic E-state index is 0.0252. The van der Waals surface area contributed by atoms with Crippen LogP contribution in [0.1, 0.15) is 29.5 Å². The molecule has 1 aliphatic rings. The second-order valence-corrected chi connectivity index (χ2v) is 8.45. The van der Waals surface area contributed by atoms with Crippen LogP contribution in [0.2, 0.25) is 0 Å². The van der Waals surface area contributed by atoms with Crippen LogP contribution in [0.4, 0.5) is 5.69 Å². The lowest BCUT2D eigenvalue weighted by Crippen LogP contribution is -2.19. The minimum Gasteiger partial charge on any atom is -0.495 e. The van der Waals surface area contributed by atoms with Gasteiger partial charge in [0.15, 0.2) is 0 Å². The van der Waals surface area contributed by atoms with Gasteiger partial charge in [0.2, 0.25) is 15.9 Å². The van der Waals surface area contributed by atoms with Crippen molar-refractivity contribution in [3.05, 3.63) is 59.2 Å². The number of amides is 1. The number of fused-ring (bicyclic) bond motifs is 1. The molecule has 0 fully saturated rings. The van der Waals surface area contributed by atoms with E-state index in [0.717, 1.165) is 24.9 Å². The molecule has 2 aromatic rings. The van der Waals surface area contributed by atoms with Gasteiger partial charge in [-0.3, -0.25) is 4.79 Å². The van der Waals surface area contributed by atoms with Crippen LogP contribution < -0.4 is 14.8 Å². The molecule has 1 aliphatic carbocycles. The zero-order valence-corrected chi connectivity index (χ0v) is 16.8. The van der Waals surface area contributed by atoms with E-state index in [2.05, 4.69) is 16.1 Å². The molecular weight excluding hydrogens is 376 g/mol. The summed E-state index contributed by atoms with van der Waals surface area (Å²) in [7, 11) is -0.921. The molecular formula is C21H24N2O4S. The summed E-state index contributed by atoms with van der Waals surface area (Å²) >= 11 is 0. The third-order valence-corrected chi connectivity index (χ3v) is 6.26. The van der Waals surface area contributed by atoms with Gasteiger partial charge in [0, 0.05) is 11.8 Å². The number of hydrogen-bond donors (Lipinski definition) is 2. The molecule has 3 rings (SSSR count). The van der Waals surface area contributed by atoms with E-state index in [9.17, 15) is 13.2 Å². The topological polar surface area (TPSA) is 84.5 Å². The summed E-state index contributed by atoms with van der Waals surface area (Å²) in [5.41, 5.74) is 3.94. The van der Waals surface area contributed by atoms with Crippen LogP contribution in [-0.2, 0) is 27.7 Å². The Balaban J connectivity index is 1.79. The maximum atomic E-state index is 12.4. The van der Waals surface area contributed by atoms with E-state index in [1.807, 2.05) is 12.1 Å². The highest BCUT2D eigenvalue weighted by Crippen LogP contribution is 2.28. The van der Waals surface area contributed by atoms with E-state index in [1.54, 1.807) is 18.2 Å². The maximum absolute atomic E-state index is 12.4. The lowest BCUT2D eigenvalue weighted by molar-refractivity contribution is -0.111. The number of rotatable bonds is 6. The van der Waals surface area contributed by atoms with Crippen LogP contribution in [0.25, 0.3) is 6.08 Å². The fourth-order valence-corrected chi connectivity index (χ4v) is 4.29. The van der Waals surface area contributed by atoms with Gasteiger partial charge in [0.05, 0.1) is 7.11 Å². The van der Waals surface area contributed by atoms with Crippen molar-refractivity contribution < 1.29 is 17.9 Å². The Labute approximate surface area is 165 Å². The summed E-state index contributed by atoms with van der Waals surface area (Å²) in [4.78, 5) is 12.4. The molecule has 0 aliphatic heterocycles. The molecule has 7 heteroatoms. The van der Waals surface area contributed by atoms with Crippen molar-refractivity contribution in [2.75, 3.05) is 19.5 Å². The van der Waals surface area contributed by atoms with Crippen molar-refractivity contribution in [2.24, 2.45) is 0 Å². The molecule has 6 nitrogen and oxygen atoms in total. The van der Waals surface area contributed by atoms with Crippen molar-refractivity contribution in [3.8, 4) is 5.75 Å². The van der Waals surface area contributed by atoms with E-state index >= 15 is 0 Å². The van der Waals surface area contributed by atoms with Gasteiger partial charge >= 0.3 is 0 Å². The molecule has 2 N–H and O–H groups in total. The van der Waals surface area contributed by atoms with Gasteiger partial charge in [0.1, 0.15) is 10.6 Å². The number of hydrogen-bond acceptors (Lipinski definition) is 4. The minimum atomic E-state index is -3.67. The predicted molar refractivity (Wildman–Crippen MR) is 110 cm³/mol. The van der Waals surface area contributed by atoms with E-state index in [-0.39, 0.29) is 16.6 Å². The molecule has 148 valence electrons. The van der Waals surface area contributed by atoms with Gasteiger partial charge in [-0.15, -0.1) is 0 Å². The summed E-state index contributed by atoms with van der Waals surface area (Å²) in [5.74, 6) is -0.0142. The number of sulfonamides is 1. The SMILES string of the molecule is CNS(=O)(=O)c1cc(/C=C/C(=O)Nc2cccc3c2CCCC3)ccc1OC. The van der Waals surface area contributed by atoms with Crippen molar-refractivity contribution in [2.45, 2.75) is 30.6 Å². The molecule has 0 aromatic heterocycles. The number of nitrogens with one attached hydrogen (secondary N) is 2. The van der Waals surface area contributed by atoms with Crippen molar-refractivity contribution in [3.63, 3.8) is 0 Å². The Morgan fingerprint density at radius 3 is 2.68 bits per heavy atom. The quantitative estimate of drug-likeness (QED) is 0.730. The first-order chi connectivity index (χ1) is 13.4. The van der Waals surface area contributed by atoms with Gasteiger partial charge in [-0.05, 0) is 73.7 Å². The van der Waals surface area contributed by atoms with Gasteiger partial charge in [-0.25, -0.2) is 13.1 Å². The van der Waals surface area contributed by atoms with E-state index in [4.69, 9.17) is 4.74 Å². The Morgan fingerprint density at radius 1 is 1.14 bits per heavy atom. The highest BCUT2D eigenvalue weighted by Gasteiger charge is 2.18. The van der Waals surface area contributed by atoms with Crippen LogP contribution in [0.5, 0.6) is 5.75 Å². The number of carbonyl (C=O) groups excluding carboxylic acids is 1. The van der Waals surface area contributed by atoms with Crippen LogP contribution in [0, 0.1) is 0 Å². The van der Waals surface area contributed by atoms with Crippen LogP contribution in [-0.4, -0.2) is 28.5 Å². The third kappa shape index (κ3) is 4.43. The standard InChI is InChI=1S/C21H24N2O4S/c1-22-28(25,26)20-14-15(10-12-19(20)27-2)11-13-21(24)23-18-9-5-7-16-6-3-4-8-17(16)18/h5,7,9-14,22H,3-4,6,8H2,1-2H3,(H,23,24)/b13-11+. The second-order valence-electron chi connectivity index (χ2n) is 6.59. The fraction of sp³-hybridized carbons (Fsp3) is 0.286. The predicted octanol–water partition coefficient (Wildman–Crippen LogP) is 3.13. The summed E-state index contributed by atoms with van der Waals surface area (Å²) in [6, 6.07) is 10.7. The number of methoxy groups -OCH3 is 1. The highest BCUT2D eigenvalue weighted by molar-refractivity contribution is 7.89. The van der Waals surface area contributed by atoms with Crippen LogP contribution >= 0.6 is 0 Å². The van der Waals surface area contributed by atoms with Crippen molar-refractivity contribution in [1.82, 2.24) is 4.72 Å². The Kier molecular flexibility index (Phi) is 6.16. The zero-order valence-electron chi connectivity index (χ0n) is 16.0. The maximum Gasteiger partial charge on any atom is 0.248 e. The Bertz CT molecular complexity index is 1010. The largest absolute Gasteiger partial charge is 0.495 e. The van der Waals surface area contributed by atoms with E-state index < -0.39 is 10.0 Å². The van der Waals surface area contributed by atoms with Gasteiger partial charge in [-0.2, -0.15) is 0 Å². The fourth-order valence-electron chi connectivity index (χ4n) is 3.36. The molecule has 0 radical (unpaired) electrons. The first-order valence-electron chi connectivity index (χ1n) is 9.16. The molecule has 0 saturated heterocycles. The lowest BCUT2D eigenvalue weighted by Gasteiger charge is -2.19. The number of carbonyl (C=O) groups is 1. The van der Waals surface area contributed by atoms with Crippen LogP contribution in [0.15, 0.2) is 47.4 Å². The van der Waals surface area contributed by atoms with Gasteiger partial charge in [-0.1, -0.05) is 18.2 Å². The summed E-state index contributed by atoms with van der Waals surface area (Å²) in [5, 5.41) is 2.94. The number of ether oxygens (including phenoxy) is 1. The second kappa shape index (κ2) is 8.58. The summed E-state index contributed by atoms with van der Waals surface area (Å²) < 4.78 is 31.7. The molecule has 2 aromatic carbocycles. The first kappa shape index (κ1) is 20.1. The number of anilines is 1. The van der Waals surface area contributed by atoms with Gasteiger partial charge < -0.3 is 10.1 Å². The van der Waals surface area contributed by atoms with Crippen LogP contribution in [0.3, 0.4) is 0 Å². The highest BCUT2D eigenvalue weighted by atomic mass is 32.2. The third-order valence-electron chi connectivity index (χ3n) is 4.83. The zero-order chi connectivity index (χ0) is 20.1. The molecule has 0 atom stereocenters. The normalized spacial score (nSPS) is 13.9. The molecule has 0 bridgehead atoms. The molecule has 1 amide bonds. The molecule has 0 saturated carbocycles. The Morgan fingerprint density at radius 2 is 1.93 bits per heavy atom. The van der Waals surface area contributed by atoms with Crippen molar-refractivity contribution in [1.29, 1.82) is 0 Å². The number of benzene rings is 2. The molecule has 28 heavy (non-hydrogen) atoms. The van der Waals surface area contributed by atoms with Crippen molar-refractivity contribution >= 4 is 27.7 Å². The molecule has 0 spiro atoms. The van der Waals surface area contributed by atoms with E-state index in [0.29, 0.717) is 5.56 Å². The van der Waals surface area contributed by atoms with Gasteiger partial charge in [0.25, 0.3) is 0 Å². The number of aryl methyl sites for hydroxylation is 1. The van der Waals surface area contributed by atoms with E-state index in [1.165, 1.54) is 43.8 Å². The lowest BCUT2D eigenvalue weighted by atomic mass is 9.90. The summed E-state index contributed by atoms with van der Waals surface area (Å²) in [6.07, 6.45) is 7.31. The smallest absolute Gasteiger partial charge is 0.248 e. The first-order valence-corrected chi connectivity index (χ1v) is 10.6. The Hall–Kier alpha value is -2.64. The average Bonchev–Trinajstić information content (AvgIpc) is 2.72.